The van der Waals surface area contributed by atoms with Crippen molar-refractivity contribution in [3.63, 3.8) is 0 Å². The molecule has 0 radical (unpaired) electrons. The summed E-state index contributed by atoms with van der Waals surface area (Å²) >= 11 is 0. The van der Waals surface area contributed by atoms with Crippen LogP contribution in [-0.4, -0.2) is 37.1 Å². The number of imidazole rings is 1. The van der Waals surface area contributed by atoms with Crippen molar-refractivity contribution in [2.75, 3.05) is 6.61 Å². The van der Waals surface area contributed by atoms with Gasteiger partial charge in [-0.3, -0.25) is 9.45 Å². The molecule has 0 unspecified atom stereocenters. The first-order valence-corrected chi connectivity index (χ1v) is 10.4. The Bertz CT molecular complexity index is 1330. The standard InChI is InChI=1S/C23H20FN5O4/c1-3-32-33-23(30)22-21-11-19-17(12-31-16-7-5-15(24)6-8-16)26-27-29(19)20-10-14(2)4-9-18(20)28(21)13-25-22/h4-10,13H,3,11-12H2,1-2H3. The van der Waals surface area contributed by atoms with Gasteiger partial charge >= 0.3 is 5.97 Å². The van der Waals surface area contributed by atoms with E-state index in [1.807, 2.05) is 29.7 Å². The Morgan fingerprint density at radius 2 is 1.94 bits per heavy atom. The molecule has 0 N–H and O–H groups in total. The van der Waals surface area contributed by atoms with Crippen LogP contribution in [0.3, 0.4) is 0 Å². The molecule has 2 aromatic carbocycles. The van der Waals surface area contributed by atoms with E-state index in [2.05, 4.69) is 15.3 Å². The molecule has 2 aromatic heterocycles. The maximum Gasteiger partial charge on any atom is 0.393 e. The number of benzene rings is 2. The fourth-order valence-corrected chi connectivity index (χ4v) is 3.74. The van der Waals surface area contributed by atoms with E-state index in [-0.39, 0.29) is 24.7 Å². The highest BCUT2D eigenvalue weighted by Crippen LogP contribution is 2.31. The van der Waals surface area contributed by atoms with E-state index in [4.69, 9.17) is 14.5 Å². The lowest BCUT2D eigenvalue weighted by Gasteiger charge is -2.10. The van der Waals surface area contributed by atoms with Gasteiger partial charge in [0.25, 0.3) is 0 Å². The van der Waals surface area contributed by atoms with Crippen LogP contribution in [0.4, 0.5) is 4.39 Å². The van der Waals surface area contributed by atoms with Crippen LogP contribution in [0.25, 0.3) is 11.4 Å². The third kappa shape index (κ3) is 3.85. The van der Waals surface area contributed by atoms with Crippen LogP contribution in [0, 0.1) is 12.7 Å². The summed E-state index contributed by atoms with van der Waals surface area (Å²) in [5.74, 6) is -0.509. The van der Waals surface area contributed by atoms with Crippen LogP contribution in [0.5, 0.6) is 5.75 Å². The van der Waals surface area contributed by atoms with Gasteiger partial charge in [0.1, 0.15) is 30.2 Å². The molecule has 0 spiro atoms. The minimum atomic E-state index is -0.677. The minimum absolute atomic E-state index is 0.120. The van der Waals surface area contributed by atoms with E-state index in [0.29, 0.717) is 23.6 Å². The van der Waals surface area contributed by atoms with Crippen LogP contribution in [0.1, 0.15) is 40.1 Å². The number of rotatable bonds is 6. The largest absolute Gasteiger partial charge is 0.487 e. The molecule has 0 aliphatic carbocycles. The fourth-order valence-electron chi connectivity index (χ4n) is 3.74. The van der Waals surface area contributed by atoms with Gasteiger partial charge in [-0.25, -0.2) is 18.9 Å². The molecule has 0 fully saturated rings. The lowest BCUT2D eigenvalue weighted by molar-refractivity contribution is -0.237. The van der Waals surface area contributed by atoms with Gasteiger partial charge in [-0.2, -0.15) is 4.89 Å². The monoisotopic (exact) mass is 449 g/mol. The second-order valence-corrected chi connectivity index (χ2v) is 7.49. The number of hydrogen-bond donors (Lipinski definition) is 0. The molecule has 0 atom stereocenters. The summed E-state index contributed by atoms with van der Waals surface area (Å²) < 4.78 is 22.6. The van der Waals surface area contributed by atoms with Crippen LogP contribution in [-0.2, 0) is 22.8 Å². The number of carbonyl (C=O) groups excluding carboxylic acids is 1. The molecule has 9 nitrogen and oxygen atoms in total. The van der Waals surface area contributed by atoms with Gasteiger partial charge in [0, 0.05) is 6.42 Å². The van der Waals surface area contributed by atoms with Crippen molar-refractivity contribution in [3.05, 3.63) is 82.9 Å². The molecular formula is C23H20FN5O4. The molecule has 0 amide bonds. The van der Waals surface area contributed by atoms with Gasteiger partial charge in [0.15, 0.2) is 5.69 Å². The summed E-state index contributed by atoms with van der Waals surface area (Å²) in [5, 5.41) is 8.69. The number of hydrogen-bond acceptors (Lipinski definition) is 7. The molecule has 5 rings (SSSR count). The van der Waals surface area contributed by atoms with Gasteiger partial charge in [-0.1, -0.05) is 11.3 Å². The van der Waals surface area contributed by atoms with E-state index >= 15 is 0 Å². The first kappa shape index (κ1) is 20.8. The fraction of sp³-hybridized carbons (Fsp3) is 0.217. The summed E-state index contributed by atoms with van der Waals surface area (Å²) in [6, 6.07) is 11.7. The van der Waals surface area contributed by atoms with E-state index < -0.39 is 5.97 Å². The average Bonchev–Trinajstić information content (AvgIpc) is 3.38. The van der Waals surface area contributed by atoms with Crippen LogP contribution in [0.15, 0.2) is 48.8 Å². The third-order valence-electron chi connectivity index (χ3n) is 5.30. The van der Waals surface area contributed by atoms with Crippen molar-refractivity contribution < 1.29 is 23.7 Å². The zero-order valence-corrected chi connectivity index (χ0v) is 18.0. The molecule has 10 heteroatoms. The molecule has 0 saturated heterocycles. The molecule has 0 saturated carbocycles. The second kappa shape index (κ2) is 8.47. The van der Waals surface area contributed by atoms with E-state index in [0.717, 1.165) is 22.6 Å². The zero-order chi connectivity index (χ0) is 22.9. The van der Waals surface area contributed by atoms with Gasteiger partial charge < -0.3 is 4.74 Å². The maximum atomic E-state index is 13.2. The van der Waals surface area contributed by atoms with Crippen LogP contribution in [0.2, 0.25) is 0 Å². The predicted octanol–water partition coefficient (Wildman–Crippen LogP) is 3.49. The summed E-state index contributed by atoms with van der Waals surface area (Å²) in [6.45, 7) is 4.05. The lowest BCUT2D eigenvalue weighted by atomic mass is 10.1. The highest BCUT2D eigenvalue weighted by molar-refractivity contribution is 5.88. The van der Waals surface area contributed by atoms with Gasteiger partial charge in [0.05, 0.1) is 29.4 Å². The van der Waals surface area contributed by atoms with Gasteiger partial charge in [-0.15, -0.1) is 5.10 Å². The minimum Gasteiger partial charge on any atom is -0.487 e. The molecular weight excluding hydrogens is 429 g/mol. The van der Waals surface area contributed by atoms with Crippen molar-refractivity contribution in [2.45, 2.75) is 26.9 Å². The number of ether oxygens (including phenoxy) is 1. The van der Waals surface area contributed by atoms with Crippen molar-refractivity contribution >= 4 is 5.97 Å². The summed E-state index contributed by atoms with van der Waals surface area (Å²) in [6.07, 6.45) is 1.89. The Hall–Kier alpha value is -4.05. The second-order valence-electron chi connectivity index (χ2n) is 7.49. The van der Waals surface area contributed by atoms with E-state index in [1.54, 1.807) is 30.1 Å². The Labute approximate surface area is 188 Å². The SMILES string of the molecule is CCOOC(=O)c1ncn2c1Cc1c(COc3ccc(F)cc3)nnn1-c1cc(C)ccc1-2. The molecule has 4 aromatic rings. The highest BCUT2D eigenvalue weighted by Gasteiger charge is 2.29. The van der Waals surface area contributed by atoms with E-state index in [1.165, 1.54) is 12.1 Å². The van der Waals surface area contributed by atoms with Crippen molar-refractivity contribution in [3.8, 4) is 17.1 Å². The van der Waals surface area contributed by atoms with Crippen LogP contribution < -0.4 is 4.74 Å². The topological polar surface area (TPSA) is 93.3 Å². The zero-order valence-electron chi connectivity index (χ0n) is 18.0. The Balaban J connectivity index is 1.57. The first-order valence-electron chi connectivity index (χ1n) is 10.4. The normalized spacial score (nSPS) is 11.8. The summed E-state index contributed by atoms with van der Waals surface area (Å²) in [4.78, 5) is 26.5. The third-order valence-corrected chi connectivity index (χ3v) is 5.30. The molecule has 0 bridgehead atoms. The summed E-state index contributed by atoms with van der Waals surface area (Å²) in [7, 11) is 0. The van der Waals surface area contributed by atoms with Crippen molar-refractivity contribution in [1.82, 2.24) is 24.5 Å². The Kier molecular flexibility index (Phi) is 5.35. The molecule has 1 aliphatic rings. The first-order chi connectivity index (χ1) is 16.0. The number of nitrogens with zero attached hydrogens (tertiary/aromatic N) is 5. The predicted molar refractivity (Wildman–Crippen MR) is 114 cm³/mol. The lowest BCUT2D eigenvalue weighted by Crippen LogP contribution is -2.12. The van der Waals surface area contributed by atoms with E-state index in [9.17, 15) is 9.18 Å². The summed E-state index contributed by atoms with van der Waals surface area (Å²) in [5.41, 5.74) is 4.74. The Morgan fingerprint density at radius 1 is 1.12 bits per heavy atom. The number of carbonyl (C=O) groups is 1. The number of aryl methyl sites for hydroxylation is 1. The van der Waals surface area contributed by atoms with Crippen molar-refractivity contribution in [1.29, 1.82) is 0 Å². The smallest absolute Gasteiger partial charge is 0.393 e. The van der Waals surface area contributed by atoms with Crippen molar-refractivity contribution in [2.24, 2.45) is 0 Å². The quantitative estimate of drug-likeness (QED) is 0.289. The Morgan fingerprint density at radius 3 is 2.73 bits per heavy atom. The molecule has 1 aliphatic heterocycles. The molecule has 168 valence electrons. The highest BCUT2D eigenvalue weighted by atomic mass is 19.1. The average molecular weight is 449 g/mol. The van der Waals surface area contributed by atoms with Gasteiger partial charge in [-0.05, 0) is 55.8 Å². The van der Waals surface area contributed by atoms with Gasteiger partial charge in [0.2, 0.25) is 0 Å². The number of aromatic nitrogens is 5. The molecule has 33 heavy (non-hydrogen) atoms. The molecule has 3 heterocycles. The van der Waals surface area contributed by atoms with Crippen LogP contribution >= 0.6 is 0 Å². The maximum absolute atomic E-state index is 13.2. The number of halogens is 1. The number of fused-ring (bicyclic) bond motifs is 5.